The average Bonchev–Trinajstić information content (AvgIpc) is 2.59. The van der Waals surface area contributed by atoms with E-state index >= 15 is 0 Å². The van der Waals surface area contributed by atoms with Gasteiger partial charge in [-0.05, 0) is 23.6 Å². The van der Waals surface area contributed by atoms with Crippen LogP contribution in [0.15, 0.2) is 47.0 Å². The number of hydrogen-bond acceptors (Lipinski definition) is 5. The first-order valence-electron chi connectivity index (χ1n) is 7.92. The van der Waals surface area contributed by atoms with E-state index in [0.29, 0.717) is 17.9 Å². The number of aliphatic hydroxyl groups is 1. The normalized spacial score (nSPS) is 12.6. The van der Waals surface area contributed by atoms with Crippen LogP contribution in [0, 0.1) is 28.6 Å². The zero-order valence-electron chi connectivity index (χ0n) is 14.7. The summed E-state index contributed by atoms with van der Waals surface area (Å²) in [5.74, 6) is 6.26. The molecule has 0 spiro atoms. The second kappa shape index (κ2) is 8.15. The fraction of sp³-hybridized carbons (Fsp3) is 0.350. The lowest BCUT2D eigenvalue weighted by atomic mass is 9.95. The number of rotatable bonds is 4. The lowest BCUT2D eigenvalue weighted by Gasteiger charge is -2.31. The van der Waals surface area contributed by atoms with Crippen molar-refractivity contribution in [2.24, 2.45) is 5.41 Å². The lowest BCUT2D eigenvalue weighted by Crippen LogP contribution is -2.34. The Morgan fingerprint density at radius 3 is 2.68 bits per heavy atom. The van der Waals surface area contributed by atoms with Gasteiger partial charge in [-0.2, -0.15) is 5.26 Å². The molecule has 1 aliphatic carbocycles. The van der Waals surface area contributed by atoms with Crippen molar-refractivity contribution in [2.75, 3.05) is 24.6 Å². The molecule has 0 unspecified atom stereocenters. The van der Waals surface area contributed by atoms with Gasteiger partial charge in [0.2, 0.25) is 5.82 Å². The summed E-state index contributed by atoms with van der Waals surface area (Å²) < 4.78 is 0. The maximum Gasteiger partial charge on any atom is 0.234 e. The zero-order chi connectivity index (χ0) is 18.3. The van der Waals surface area contributed by atoms with Crippen LogP contribution in [0.2, 0.25) is 0 Å². The van der Waals surface area contributed by atoms with E-state index in [1.165, 1.54) is 0 Å². The number of anilines is 1. The monoisotopic (exact) mass is 332 g/mol. The van der Waals surface area contributed by atoms with Gasteiger partial charge in [0.25, 0.3) is 0 Å². The number of aromatic nitrogens is 2. The van der Waals surface area contributed by atoms with E-state index in [1.54, 1.807) is 12.3 Å². The van der Waals surface area contributed by atoms with Crippen LogP contribution in [0.25, 0.3) is 0 Å². The second-order valence-corrected chi connectivity index (χ2v) is 6.75. The first-order valence-corrected chi connectivity index (χ1v) is 7.92. The minimum Gasteiger partial charge on any atom is -0.384 e. The van der Waals surface area contributed by atoms with Crippen LogP contribution in [0.1, 0.15) is 26.6 Å². The van der Waals surface area contributed by atoms with Crippen molar-refractivity contribution in [1.29, 1.82) is 5.26 Å². The van der Waals surface area contributed by atoms with Gasteiger partial charge < -0.3 is 10.0 Å². The predicted molar refractivity (Wildman–Crippen MR) is 96.5 cm³/mol. The highest BCUT2D eigenvalue weighted by Gasteiger charge is 2.19. The molecule has 0 radical (unpaired) electrons. The molecule has 0 atom stereocenters. The van der Waals surface area contributed by atoms with E-state index in [-0.39, 0.29) is 17.8 Å². The summed E-state index contributed by atoms with van der Waals surface area (Å²) in [4.78, 5) is 10.3. The van der Waals surface area contributed by atoms with Crippen LogP contribution in [0.3, 0.4) is 0 Å². The lowest BCUT2D eigenvalue weighted by molar-refractivity contribution is 0.350. The van der Waals surface area contributed by atoms with Gasteiger partial charge in [0, 0.05) is 18.3 Å². The summed E-state index contributed by atoms with van der Waals surface area (Å²) in [6.07, 6.45) is 5.38. The molecule has 1 aliphatic rings. The summed E-state index contributed by atoms with van der Waals surface area (Å²) in [5, 5.41) is 17.8. The third-order valence-corrected chi connectivity index (χ3v) is 3.20. The van der Waals surface area contributed by atoms with Crippen molar-refractivity contribution >= 4 is 5.82 Å². The highest BCUT2D eigenvalue weighted by atomic mass is 16.2. The average molecular weight is 332 g/mol. The smallest absolute Gasteiger partial charge is 0.234 e. The molecule has 0 bridgehead atoms. The quantitative estimate of drug-likeness (QED) is 0.677. The Hall–Kier alpha value is -3.07. The maximum atomic E-state index is 9.03. The molecule has 5 nitrogen and oxygen atoms in total. The summed E-state index contributed by atoms with van der Waals surface area (Å²) >= 11 is 0. The first-order chi connectivity index (χ1) is 11.9. The molecule has 0 amide bonds. The summed E-state index contributed by atoms with van der Waals surface area (Å²) in [5.41, 5.74) is 7.77. The van der Waals surface area contributed by atoms with Crippen LogP contribution in [0.5, 0.6) is 0 Å². The highest BCUT2D eigenvalue weighted by Crippen LogP contribution is 2.21. The van der Waals surface area contributed by atoms with Gasteiger partial charge in [-0.25, -0.2) is 9.97 Å². The molecule has 1 aromatic heterocycles. The van der Waals surface area contributed by atoms with E-state index in [4.69, 9.17) is 10.4 Å². The van der Waals surface area contributed by atoms with E-state index in [1.807, 2.05) is 18.2 Å². The topological polar surface area (TPSA) is 73.0 Å². The number of allylic oxidation sites excluding steroid dienone is 2. The molecule has 0 aliphatic heterocycles. The van der Waals surface area contributed by atoms with Crippen LogP contribution in [-0.2, 0) is 0 Å². The van der Waals surface area contributed by atoms with E-state index in [0.717, 1.165) is 12.1 Å². The Labute approximate surface area is 148 Å². The Morgan fingerprint density at radius 2 is 2.08 bits per heavy atom. The fourth-order valence-electron chi connectivity index (χ4n) is 2.29. The van der Waals surface area contributed by atoms with Gasteiger partial charge in [-0.3, -0.25) is 0 Å². The molecule has 1 aromatic rings. The van der Waals surface area contributed by atoms with Gasteiger partial charge in [0.05, 0.1) is 12.1 Å². The largest absolute Gasteiger partial charge is 0.384 e. The Bertz CT molecular complexity index is 875. The van der Waals surface area contributed by atoms with Crippen LogP contribution in [0.4, 0.5) is 5.82 Å². The Kier molecular flexibility index (Phi) is 5.96. The summed E-state index contributed by atoms with van der Waals surface area (Å²) in [7, 11) is 0. The molecule has 0 fully saturated rings. The van der Waals surface area contributed by atoms with Crippen molar-refractivity contribution < 1.29 is 5.11 Å². The number of hydrogen-bond donors (Lipinski definition) is 1. The predicted octanol–water partition coefficient (Wildman–Crippen LogP) is 2.37. The fourth-order valence-corrected chi connectivity index (χ4v) is 2.29. The first kappa shape index (κ1) is 18.3. The molecule has 0 aromatic carbocycles. The third kappa shape index (κ3) is 5.81. The van der Waals surface area contributed by atoms with Gasteiger partial charge in [-0.15, -0.1) is 0 Å². The van der Waals surface area contributed by atoms with Crippen LogP contribution >= 0.6 is 0 Å². The molecule has 0 saturated carbocycles. The molecule has 0 saturated heterocycles. The minimum atomic E-state index is -0.177. The zero-order valence-corrected chi connectivity index (χ0v) is 14.7. The minimum absolute atomic E-state index is 0.0496. The van der Waals surface area contributed by atoms with Crippen molar-refractivity contribution in [3.05, 3.63) is 52.8 Å². The molecular weight excluding hydrogens is 312 g/mol. The molecule has 126 valence electrons. The third-order valence-electron chi connectivity index (χ3n) is 3.20. The van der Waals surface area contributed by atoms with Crippen molar-refractivity contribution in [2.45, 2.75) is 20.8 Å². The van der Waals surface area contributed by atoms with Crippen LogP contribution in [-0.4, -0.2) is 34.8 Å². The molecule has 2 rings (SSSR count). The van der Waals surface area contributed by atoms with E-state index in [2.05, 4.69) is 58.9 Å². The van der Waals surface area contributed by atoms with Gasteiger partial charge in [-0.1, -0.05) is 44.1 Å². The molecule has 1 N–H and O–H groups in total. The van der Waals surface area contributed by atoms with E-state index < -0.39 is 0 Å². The van der Waals surface area contributed by atoms with Gasteiger partial charge in [0.15, 0.2) is 0 Å². The SMILES string of the molecule is CC(C)(C)CN(CC1=C=C=C(C#CCO)C=C1)c1ccnc(C#N)n1. The van der Waals surface area contributed by atoms with E-state index in [9.17, 15) is 0 Å². The van der Waals surface area contributed by atoms with Gasteiger partial charge in [0.1, 0.15) is 18.5 Å². The molecular formula is C20H20N4O. The molecule has 25 heavy (non-hydrogen) atoms. The van der Waals surface area contributed by atoms with Crippen molar-refractivity contribution in [1.82, 2.24) is 9.97 Å². The molecule has 1 heterocycles. The van der Waals surface area contributed by atoms with Crippen molar-refractivity contribution in [3.63, 3.8) is 0 Å². The van der Waals surface area contributed by atoms with Gasteiger partial charge >= 0.3 is 0 Å². The Morgan fingerprint density at radius 1 is 1.28 bits per heavy atom. The van der Waals surface area contributed by atoms with Crippen molar-refractivity contribution in [3.8, 4) is 17.9 Å². The second-order valence-electron chi connectivity index (χ2n) is 6.75. The Balaban J connectivity index is 2.32. The van der Waals surface area contributed by atoms with Crippen LogP contribution < -0.4 is 4.90 Å². The number of aliphatic hydroxyl groups excluding tert-OH is 1. The molecule has 5 heteroatoms. The number of nitriles is 1. The highest BCUT2D eigenvalue weighted by molar-refractivity contribution is 5.47. The summed E-state index contributed by atoms with van der Waals surface area (Å²) in [6, 6.07) is 3.78. The summed E-state index contributed by atoms with van der Waals surface area (Å²) in [6.45, 7) is 7.61. The number of nitrogens with zero attached hydrogens (tertiary/aromatic N) is 4. The standard InChI is InChI=1S/C20H20N4O/c1-20(2,3)15-24(19-10-11-22-18(13-21)23-19)14-17-8-6-16(7-9-17)5-4-12-25/h6,8,10-11,25H,12,14-15H2,1-3H3. The maximum absolute atomic E-state index is 9.03.